The Kier molecular flexibility index (Phi) is 3.42. The third-order valence-corrected chi connectivity index (χ3v) is 3.46. The smallest absolute Gasteiger partial charge is 0.258 e. The van der Waals surface area contributed by atoms with Crippen molar-refractivity contribution in [1.29, 1.82) is 0 Å². The van der Waals surface area contributed by atoms with Crippen LogP contribution in [0, 0.1) is 6.92 Å². The molecule has 3 rings (SSSR count). The van der Waals surface area contributed by atoms with E-state index >= 15 is 0 Å². The molecule has 1 saturated heterocycles. The van der Waals surface area contributed by atoms with E-state index in [1.807, 2.05) is 26.1 Å². The molecule has 20 heavy (non-hydrogen) atoms. The van der Waals surface area contributed by atoms with Crippen LogP contribution >= 0.6 is 0 Å². The number of aromatic hydroxyl groups is 1. The molecule has 0 bridgehead atoms. The van der Waals surface area contributed by atoms with Crippen LogP contribution in [-0.4, -0.2) is 46.9 Å². The number of morpholine rings is 1. The van der Waals surface area contributed by atoms with Gasteiger partial charge in [-0.25, -0.2) is 0 Å². The Bertz CT molecular complexity index is 611. The Morgan fingerprint density at radius 1 is 1.40 bits per heavy atom. The summed E-state index contributed by atoms with van der Waals surface area (Å²) in [6.45, 7) is 4.16. The molecule has 2 heterocycles. The van der Waals surface area contributed by atoms with Gasteiger partial charge < -0.3 is 19.3 Å². The van der Waals surface area contributed by atoms with Gasteiger partial charge in [-0.15, -0.1) is 0 Å². The molecule has 1 aliphatic heterocycles. The third-order valence-electron chi connectivity index (χ3n) is 3.46. The Balaban J connectivity index is 1.84. The molecular formula is C14H17N3O3. The zero-order valence-corrected chi connectivity index (χ0v) is 11.5. The predicted molar refractivity (Wildman–Crippen MR) is 72.3 cm³/mol. The number of nitrogens with zero attached hydrogens (tertiary/aromatic N) is 3. The van der Waals surface area contributed by atoms with Crippen LogP contribution in [0.15, 0.2) is 22.7 Å². The maximum atomic E-state index is 9.73. The van der Waals surface area contributed by atoms with E-state index in [1.165, 1.54) is 0 Å². The van der Waals surface area contributed by atoms with E-state index in [9.17, 15) is 5.11 Å². The molecular weight excluding hydrogens is 258 g/mol. The van der Waals surface area contributed by atoms with Crippen molar-refractivity contribution in [2.45, 2.75) is 13.0 Å². The molecule has 6 nitrogen and oxygen atoms in total. The molecule has 1 N–H and O–H groups in total. The third kappa shape index (κ3) is 2.52. The first-order chi connectivity index (χ1) is 9.63. The quantitative estimate of drug-likeness (QED) is 0.900. The van der Waals surface area contributed by atoms with Gasteiger partial charge in [0, 0.05) is 18.7 Å². The summed E-state index contributed by atoms with van der Waals surface area (Å²) in [6, 6.07) is 5.29. The Hall–Kier alpha value is -1.92. The van der Waals surface area contributed by atoms with Crippen molar-refractivity contribution in [3.63, 3.8) is 0 Å². The van der Waals surface area contributed by atoms with Crippen LogP contribution in [0.4, 0.5) is 0 Å². The number of hydrogen-bond donors (Lipinski definition) is 1. The van der Waals surface area contributed by atoms with E-state index in [4.69, 9.17) is 9.26 Å². The van der Waals surface area contributed by atoms with Crippen LogP contribution in [0.25, 0.3) is 11.5 Å². The van der Waals surface area contributed by atoms with Gasteiger partial charge in [-0.3, -0.25) is 0 Å². The predicted octanol–water partition coefficient (Wildman–Crippen LogP) is 1.75. The van der Waals surface area contributed by atoms with Gasteiger partial charge in [-0.05, 0) is 31.7 Å². The summed E-state index contributed by atoms with van der Waals surface area (Å²) < 4.78 is 10.9. The topological polar surface area (TPSA) is 71.6 Å². The van der Waals surface area contributed by atoms with E-state index in [0.29, 0.717) is 23.9 Å². The van der Waals surface area contributed by atoms with Crippen molar-refractivity contribution in [3.05, 3.63) is 29.6 Å². The molecule has 0 radical (unpaired) electrons. The van der Waals surface area contributed by atoms with Gasteiger partial charge in [-0.1, -0.05) is 11.2 Å². The molecule has 0 spiro atoms. The highest BCUT2D eigenvalue weighted by atomic mass is 16.5. The molecule has 0 saturated carbocycles. The second kappa shape index (κ2) is 5.22. The van der Waals surface area contributed by atoms with E-state index < -0.39 is 0 Å². The standard InChI is InChI=1S/C14H17N3O3/c1-9-3-4-10(7-11(9)18)14-15-13(16-20-14)12-8-17(2)5-6-19-12/h3-4,7,12,18H,5-6,8H2,1-2H3. The van der Waals surface area contributed by atoms with Crippen LogP contribution in [0.5, 0.6) is 5.75 Å². The second-order valence-corrected chi connectivity index (χ2v) is 5.08. The number of aryl methyl sites for hydroxylation is 1. The first-order valence-electron chi connectivity index (χ1n) is 6.57. The van der Waals surface area contributed by atoms with Gasteiger partial charge in [0.25, 0.3) is 5.89 Å². The second-order valence-electron chi connectivity index (χ2n) is 5.08. The number of benzene rings is 1. The van der Waals surface area contributed by atoms with Crippen LogP contribution in [0.2, 0.25) is 0 Å². The van der Waals surface area contributed by atoms with Crippen molar-refractivity contribution in [2.24, 2.45) is 0 Å². The molecule has 2 aromatic rings. The molecule has 0 aliphatic carbocycles. The van der Waals surface area contributed by atoms with Crippen LogP contribution in [0.1, 0.15) is 17.5 Å². The lowest BCUT2D eigenvalue weighted by atomic mass is 10.1. The van der Waals surface area contributed by atoms with E-state index in [2.05, 4.69) is 15.0 Å². The normalized spacial score (nSPS) is 20.2. The van der Waals surface area contributed by atoms with Gasteiger partial charge in [0.1, 0.15) is 11.9 Å². The monoisotopic (exact) mass is 275 g/mol. The number of phenols is 1. The highest BCUT2D eigenvalue weighted by Gasteiger charge is 2.24. The van der Waals surface area contributed by atoms with Gasteiger partial charge in [0.2, 0.25) is 5.82 Å². The number of phenolic OH excluding ortho intramolecular Hbond substituents is 1. The van der Waals surface area contributed by atoms with Gasteiger partial charge in [0.15, 0.2) is 0 Å². The minimum absolute atomic E-state index is 0.162. The summed E-state index contributed by atoms with van der Waals surface area (Å²) in [5.74, 6) is 1.16. The van der Waals surface area contributed by atoms with Gasteiger partial charge in [-0.2, -0.15) is 4.98 Å². The largest absolute Gasteiger partial charge is 0.508 e. The van der Waals surface area contributed by atoms with E-state index in [1.54, 1.807) is 6.07 Å². The lowest BCUT2D eigenvalue weighted by Gasteiger charge is -2.27. The van der Waals surface area contributed by atoms with Crippen LogP contribution in [0.3, 0.4) is 0 Å². The van der Waals surface area contributed by atoms with E-state index in [0.717, 1.165) is 18.7 Å². The molecule has 1 aliphatic rings. The van der Waals surface area contributed by atoms with Crippen LogP contribution < -0.4 is 0 Å². The summed E-state index contributed by atoms with van der Waals surface area (Å²) in [6.07, 6.45) is -0.162. The Morgan fingerprint density at radius 3 is 3.00 bits per heavy atom. The Labute approximate surface area is 117 Å². The number of ether oxygens (including phenoxy) is 1. The number of rotatable bonds is 2. The first-order valence-corrected chi connectivity index (χ1v) is 6.57. The van der Waals surface area contributed by atoms with Crippen molar-refractivity contribution in [2.75, 3.05) is 26.7 Å². The average molecular weight is 275 g/mol. The van der Waals surface area contributed by atoms with Gasteiger partial charge >= 0.3 is 0 Å². The van der Waals surface area contributed by atoms with Crippen molar-refractivity contribution in [3.8, 4) is 17.2 Å². The molecule has 0 amide bonds. The molecule has 1 atom stereocenters. The fourth-order valence-electron chi connectivity index (χ4n) is 2.16. The summed E-state index contributed by atoms with van der Waals surface area (Å²) in [5, 5.41) is 13.7. The summed E-state index contributed by atoms with van der Waals surface area (Å²) in [7, 11) is 2.04. The Morgan fingerprint density at radius 2 is 2.25 bits per heavy atom. The molecule has 1 aromatic heterocycles. The zero-order valence-electron chi connectivity index (χ0n) is 11.5. The highest BCUT2D eigenvalue weighted by Crippen LogP contribution is 2.27. The lowest BCUT2D eigenvalue weighted by Crippen LogP contribution is -2.35. The van der Waals surface area contributed by atoms with Crippen molar-refractivity contribution in [1.82, 2.24) is 15.0 Å². The van der Waals surface area contributed by atoms with E-state index in [-0.39, 0.29) is 11.9 Å². The fourth-order valence-corrected chi connectivity index (χ4v) is 2.16. The van der Waals surface area contributed by atoms with Gasteiger partial charge in [0.05, 0.1) is 6.61 Å². The maximum absolute atomic E-state index is 9.73. The molecule has 6 heteroatoms. The lowest BCUT2D eigenvalue weighted by molar-refractivity contribution is -0.0264. The number of likely N-dealkylation sites (N-methyl/N-ethyl adjacent to an activating group) is 1. The molecule has 1 aromatic carbocycles. The van der Waals surface area contributed by atoms with Crippen molar-refractivity contribution < 1.29 is 14.4 Å². The summed E-state index contributed by atoms with van der Waals surface area (Å²) in [5.41, 5.74) is 1.52. The summed E-state index contributed by atoms with van der Waals surface area (Å²) in [4.78, 5) is 6.54. The first kappa shape index (κ1) is 13.1. The summed E-state index contributed by atoms with van der Waals surface area (Å²) >= 11 is 0. The number of aromatic nitrogens is 2. The maximum Gasteiger partial charge on any atom is 0.258 e. The average Bonchev–Trinajstić information content (AvgIpc) is 2.92. The molecule has 1 unspecified atom stereocenters. The number of hydrogen-bond acceptors (Lipinski definition) is 6. The molecule has 1 fully saturated rings. The van der Waals surface area contributed by atoms with Crippen molar-refractivity contribution >= 4 is 0 Å². The fraction of sp³-hybridized carbons (Fsp3) is 0.429. The molecule has 106 valence electrons. The van der Waals surface area contributed by atoms with Crippen LogP contribution in [-0.2, 0) is 4.74 Å². The minimum atomic E-state index is -0.162. The highest BCUT2D eigenvalue weighted by molar-refractivity contribution is 5.57. The zero-order chi connectivity index (χ0) is 14.1. The SMILES string of the molecule is Cc1ccc(-c2nc(C3CN(C)CCO3)no2)cc1O. The minimum Gasteiger partial charge on any atom is -0.508 e.